The topological polar surface area (TPSA) is 67.2 Å². The lowest BCUT2D eigenvalue weighted by molar-refractivity contribution is -0.122. The van der Waals surface area contributed by atoms with Crippen molar-refractivity contribution in [3.8, 4) is 0 Å². The van der Waals surface area contributed by atoms with Crippen LogP contribution in [0.5, 0.6) is 0 Å². The van der Waals surface area contributed by atoms with E-state index in [1.165, 1.54) is 11.3 Å². The number of aromatic nitrogens is 2. The molecule has 1 amide bonds. The SMILES string of the molecule is CC(O)(CNC(=O)CCCn1ccnc1)c1cccs1. The number of carbonyl (C=O) groups excluding carboxylic acids is 1. The number of nitrogens with one attached hydrogen (secondary N) is 1. The molecule has 5 nitrogen and oxygen atoms in total. The number of nitrogens with zero attached hydrogens (tertiary/aromatic N) is 2. The van der Waals surface area contributed by atoms with E-state index in [-0.39, 0.29) is 12.5 Å². The highest BCUT2D eigenvalue weighted by Gasteiger charge is 2.24. The molecular weight excluding hydrogens is 274 g/mol. The number of imidazole rings is 1. The number of thiophene rings is 1. The van der Waals surface area contributed by atoms with E-state index in [4.69, 9.17) is 0 Å². The molecule has 0 radical (unpaired) electrons. The first kappa shape index (κ1) is 14.7. The Hall–Kier alpha value is -1.66. The van der Waals surface area contributed by atoms with Gasteiger partial charge in [-0.1, -0.05) is 6.07 Å². The fraction of sp³-hybridized carbons (Fsp3) is 0.429. The Labute approximate surface area is 122 Å². The highest BCUT2D eigenvalue weighted by atomic mass is 32.1. The molecule has 2 N–H and O–H groups in total. The van der Waals surface area contributed by atoms with Crippen molar-refractivity contribution in [1.82, 2.24) is 14.9 Å². The summed E-state index contributed by atoms with van der Waals surface area (Å²) in [5.74, 6) is -0.0399. The lowest BCUT2D eigenvalue weighted by Crippen LogP contribution is -2.38. The van der Waals surface area contributed by atoms with Crippen LogP contribution in [-0.2, 0) is 16.9 Å². The molecule has 0 saturated carbocycles. The summed E-state index contributed by atoms with van der Waals surface area (Å²) in [5, 5.41) is 15.0. The average molecular weight is 293 g/mol. The smallest absolute Gasteiger partial charge is 0.220 e. The number of aliphatic hydroxyl groups is 1. The zero-order valence-corrected chi connectivity index (χ0v) is 12.3. The fourth-order valence-corrected chi connectivity index (χ4v) is 2.66. The van der Waals surface area contributed by atoms with Gasteiger partial charge in [0.15, 0.2) is 0 Å². The number of aryl methyl sites for hydroxylation is 1. The van der Waals surface area contributed by atoms with Crippen molar-refractivity contribution < 1.29 is 9.90 Å². The van der Waals surface area contributed by atoms with E-state index < -0.39 is 5.60 Å². The molecule has 0 aliphatic carbocycles. The molecule has 0 aliphatic heterocycles. The summed E-state index contributed by atoms with van der Waals surface area (Å²) in [6.07, 6.45) is 6.53. The van der Waals surface area contributed by atoms with E-state index in [9.17, 15) is 9.90 Å². The van der Waals surface area contributed by atoms with Crippen molar-refractivity contribution in [2.75, 3.05) is 6.54 Å². The number of rotatable bonds is 7. The van der Waals surface area contributed by atoms with Crippen molar-refractivity contribution in [2.24, 2.45) is 0 Å². The standard InChI is InChI=1S/C14H19N3O2S/c1-14(19,12-4-3-9-20-12)10-16-13(18)5-2-7-17-8-6-15-11-17/h3-4,6,8-9,11,19H,2,5,7,10H2,1H3,(H,16,18). The van der Waals surface area contributed by atoms with Gasteiger partial charge in [0.25, 0.3) is 0 Å². The Kier molecular flexibility index (Phi) is 4.92. The first-order valence-corrected chi connectivity index (χ1v) is 7.45. The van der Waals surface area contributed by atoms with E-state index in [2.05, 4.69) is 10.3 Å². The van der Waals surface area contributed by atoms with Gasteiger partial charge in [-0.2, -0.15) is 0 Å². The third-order valence-electron chi connectivity index (χ3n) is 3.06. The highest BCUT2D eigenvalue weighted by Crippen LogP contribution is 2.24. The lowest BCUT2D eigenvalue weighted by Gasteiger charge is -2.22. The predicted molar refractivity (Wildman–Crippen MR) is 78.4 cm³/mol. The van der Waals surface area contributed by atoms with Crippen molar-refractivity contribution in [3.63, 3.8) is 0 Å². The zero-order chi connectivity index (χ0) is 14.4. The number of amides is 1. The van der Waals surface area contributed by atoms with Gasteiger partial charge in [-0.15, -0.1) is 11.3 Å². The van der Waals surface area contributed by atoms with Crippen LogP contribution in [0.2, 0.25) is 0 Å². The van der Waals surface area contributed by atoms with E-state index >= 15 is 0 Å². The van der Waals surface area contributed by atoms with Gasteiger partial charge in [0.2, 0.25) is 5.91 Å². The van der Waals surface area contributed by atoms with Gasteiger partial charge in [-0.25, -0.2) is 4.98 Å². The van der Waals surface area contributed by atoms with Crippen molar-refractivity contribution in [2.45, 2.75) is 31.9 Å². The van der Waals surface area contributed by atoms with Crippen molar-refractivity contribution >= 4 is 17.2 Å². The molecule has 1 atom stereocenters. The van der Waals surface area contributed by atoms with E-state index in [0.29, 0.717) is 6.42 Å². The first-order valence-electron chi connectivity index (χ1n) is 6.57. The summed E-state index contributed by atoms with van der Waals surface area (Å²) >= 11 is 1.49. The van der Waals surface area contributed by atoms with Crippen molar-refractivity contribution in [1.29, 1.82) is 0 Å². The maximum absolute atomic E-state index is 11.7. The van der Waals surface area contributed by atoms with Crippen LogP contribution in [0.3, 0.4) is 0 Å². The molecular formula is C14H19N3O2S. The third-order valence-corrected chi connectivity index (χ3v) is 4.18. The van der Waals surface area contributed by atoms with Crippen LogP contribution in [0.15, 0.2) is 36.2 Å². The Morgan fingerprint density at radius 2 is 2.45 bits per heavy atom. The normalized spacial score (nSPS) is 13.9. The summed E-state index contributed by atoms with van der Waals surface area (Å²) in [5.41, 5.74) is -1.01. The zero-order valence-electron chi connectivity index (χ0n) is 11.5. The van der Waals surface area contributed by atoms with Gasteiger partial charge in [0, 0.05) is 30.2 Å². The van der Waals surface area contributed by atoms with Gasteiger partial charge in [-0.05, 0) is 24.8 Å². The van der Waals surface area contributed by atoms with Gasteiger partial charge in [-0.3, -0.25) is 4.79 Å². The second-order valence-corrected chi connectivity index (χ2v) is 5.88. The molecule has 2 heterocycles. The summed E-state index contributed by atoms with van der Waals surface area (Å²) in [4.78, 5) is 16.5. The monoisotopic (exact) mass is 293 g/mol. The molecule has 108 valence electrons. The van der Waals surface area contributed by atoms with Gasteiger partial charge >= 0.3 is 0 Å². The molecule has 0 fully saturated rings. The second-order valence-electron chi connectivity index (χ2n) is 4.93. The molecule has 1 unspecified atom stereocenters. The van der Waals surface area contributed by atoms with Crippen LogP contribution in [0.4, 0.5) is 0 Å². The maximum atomic E-state index is 11.7. The van der Waals surface area contributed by atoms with E-state index in [0.717, 1.165) is 17.8 Å². The lowest BCUT2D eigenvalue weighted by atomic mass is 10.1. The van der Waals surface area contributed by atoms with E-state index in [1.54, 1.807) is 19.4 Å². The number of carbonyl (C=O) groups is 1. The van der Waals surface area contributed by atoms with Crippen LogP contribution >= 0.6 is 11.3 Å². The van der Waals surface area contributed by atoms with Crippen LogP contribution < -0.4 is 5.32 Å². The number of hydrogen-bond donors (Lipinski definition) is 2. The predicted octanol–water partition coefficient (Wildman–Crippen LogP) is 1.75. The van der Waals surface area contributed by atoms with Gasteiger partial charge in [0.05, 0.1) is 12.9 Å². The van der Waals surface area contributed by atoms with Crippen LogP contribution in [0.1, 0.15) is 24.6 Å². The molecule has 0 saturated heterocycles. The molecule has 20 heavy (non-hydrogen) atoms. The summed E-state index contributed by atoms with van der Waals surface area (Å²) in [6, 6.07) is 3.76. The van der Waals surface area contributed by atoms with Crippen molar-refractivity contribution in [3.05, 3.63) is 41.1 Å². The quantitative estimate of drug-likeness (QED) is 0.817. The Balaban J connectivity index is 1.69. The highest BCUT2D eigenvalue weighted by molar-refractivity contribution is 7.10. The van der Waals surface area contributed by atoms with E-state index in [1.807, 2.05) is 28.3 Å². The molecule has 0 aromatic carbocycles. The Bertz CT molecular complexity index is 521. The maximum Gasteiger partial charge on any atom is 0.220 e. The third kappa shape index (κ3) is 4.18. The minimum absolute atomic E-state index is 0.0399. The molecule has 2 aromatic rings. The van der Waals surface area contributed by atoms with Crippen LogP contribution in [-0.4, -0.2) is 27.1 Å². The molecule has 2 rings (SSSR count). The largest absolute Gasteiger partial charge is 0.383 e. The summed E-state index contributed by atoms with van der Waals surface area (Å²) in [6.45, 7) is 2.72. The molecule has 0 bridgehead atoms. The minimum atomic E-state index is -1.01. The van der Waals surface area contributed by atoms with Crippen LogP contribution in [0, 0.1) is 0 Å². The number of hydrogen-bond acceptors (Lipinski definition) is 4. The van der Waals surface area contributed by atoms with Crippen LogP contribution in [0.25, 0.3) is 0 Å². The Morgan fingerprint density at radius 3 is 3.10 bits per heavy atom. The fourth-order valence-electron chi connectivity index (χ4n) is 1.87. The molecule has 6 heteroatoms. The summed E-state index contributed by atoms with van der Waals surface area (Å²) in [7, 11) is 0. The average Bonchev–Trinajstić information content (AvgIpc) is 3.09. The molecule has 2 aromatic heterocycles. The summed E-state index contributed by atoms with van der Waals surface area (Å²) < 4.78 is 1.94. The first-order chi connectivity index (χ1) is 9.58. The second kappa shape index (κ2) is 6.67. The molecule has 0 spiro atoms. The van der Waals surface area contributed by atoms with Gasteiger partial charge in [0.1, 0.15) is 5.60 Å². The Morgan fingerprint density at radius 1 is 1.60 bits per heavy atom. The minimum Gasteiger partial charge on any atom is -0.383 e. The van der Waals surface area contributed by atoms with Gasteiger partial charge < -0.3 is 15.0 Å². The molecule has 0 aliphatic rings.